The molecular weight excluding hydrogens is 376 g/mol. The zero-order valence-corrected chi connectivity index (χ0v) is 17.2. The van der Waals surface area contributed by atoms with Crippen LogP contribution in [0.2, 0.25) is 5.02 Å². The molecule has 3 aromatic rings. The van der Waals surface area contributed by atoms with Crippen LogP contribution >= 0.6 is 11.6 Å². The average molecular weight is 399 g/mol. The van der Waals surface area contributed by atoms with Crippen LogP contribution in [0.15, 0.2) is 42.5 Å². The highest BCUT2D eigenvalue weighted by molar-refractivity contribution is 6.30. The molecule has 0 aliphatic heterocycles. The van der Waals surface area contributed by atoms with Crippen LogP contribution in [-0.2, 0) is 0 Å². The summed E-state index contributed by atoms with van der Waals surface area (Å²) >= 11 is 6.04. The Hall–Kier alpha value is -2.86. The average Bonchev–Trinajstić information content (AvgIpc) is 3.01. The van der Waals surface area contributed by atoms with Gasteiger partial charge in [0.1, 0.15) is 12.4 Å². The molecule has 0 atom stereocenters. The maximum Gasteiger partial charge on any atom is 0.276 e. The van der Waals surface area contributed by atoms with Crippen LogP contribution in [0.1, 0.15) is 27.3 Å². The van der Waals surface area contributed by atoms with Gasteiger partial charge in [0.15, 0.2) is 5.69 Å². The van der Waals surface area contributed by atoms with Crippen LogP contribution in [0, 0.1) is 20.8 Å². The van der Waals surface area contributed by atoms with E-state index in [2.05, 4.69) is 16.4 Å². The van der Waals surface area contributed by atoms with Crippen molar-refractivity contribution >= 4 is 17.5 Å². The molecule has 0 aliphatic rings. The SMILES string of the molecule is Cc1cc(C)cc(OCCN(C)C(=O)c2nnn(-c3cccc(Cl)c3)c2C)c1. The van der Waals surface area contributed by atoms with Gasteiger partial charge in [-0.15, -0.1) is 5.10 Å². The van der Waals surface area contributed by atoms with Crippen molar-refractivity contribution in [1.29, 1.82) is 0 Å². The number of aryl methyl sites for hydroxylation is 2. The Morgan fingerprint density at radius 3 is 2.54 bits per heavy atom. The molecule has 0 unspecified atom stereocenters. The molecule has 0 saturated carbocycles. The predicted octanol–water partition coefficient (Wildman–Crippen LogP) is 4.00. The van der Waals surface area contributed by atoms with Crippen LogP contribution in [0.5, 0.6) is 5.75 Å². The van der Waals surface area contributed by atoms with Gasteiger partial charge in [0.2, 0.25) is 0 Å². The van der Waals surface area contributed by atoms with E-state index in [1.807, 2.05) is 45.0 Å². The minimum atomic E-state index is -0.199. The van der Waals surface area contributed by atoms with Crippen LogP contribution in [-0.4, -0.2) is 46.0 Å². The summed E-state index contributed by atoms with van der Waals surface area (Å²) in [5.74, 6) is 0.608. The van der Waals surface area contributed by atoms with E-state index in [-0.39, 0.29) is 5.91 Å². The molecule has 1 heterocycles. The third-order valence-corrected chi connectivity index (χ3v) is 4.62. The van der Waals surface area contributed by atoms with Gasteiger partial charge in [0.05, 0.1) is 17.9 Å². The lowest BCUT2D eigenvalue weighted by atomic mass is 10.1. The Labute approximate surface area is 169 Å². The van der Waals surface area contributed by atoms with Crippen LogP contribution < -0.4 is 4.74 Å². The van der Waals surface area contributed by atoms with E-state index in [9.17, 15) is 4.79 Å². The Morgan fingerprint density at radius 1 is 1.14 bits per heavy atom. The molecule has 0 saturated heterocycles. The number of hydrogen-bond donors (Lipinski definition) is 0. The molecular formula is C21H23ClN4O2. The molecule has 0 bridgehead atoms. The lowest BCUT2D eigenvalue weighted by Crippen LogP contribution is -2.31. The van der Waals surface area contributed by atoms with Gasteiger partial charge in [-0.1, -0.05) is 28.9 Å². The Kier molecular flexibility index (Phi) is 5.99. The monoisotopic (exact) mass is 398 g/mol. The summed E-state index contributed by atoms with van der Waals surface area (Å²) in [7, 11) is 1.73. The van der Waals surface area contributed by atoms with Crippen molar-refractivity contribution in [1.82, 2.24) is 19.9 Å². The molecule has 0 spiro atoms. The molecule has 0 radical (unpaired) electrons. The van der Waals surface area contributed by atoms with E-state index in [4.69, 9.17) is 16.3 Å². The number of rotatable bonds is 6. The van der Waals surface area contributed by atoms with Gasteiger partial charge >= 0.3 is 0 Å². The fourth-order valence-corrected chi connectivity index (χ4v) is 3.16. The first-order valence-electron chi connectivity index (χ1n) is 9.00. The first-order chi connectivity index (χ1) is 13.3. The van der Waals surface area contributed by atoms with Crippen LogP contribution in [0.4, 0.5) is 0 Å². The van der Waals surface area contributed by atoms with Crippen LogP contribution in [0.3, 0.4) is 0 Å². The predicted molar refractivity (Wildman–Crippen MR) is 109 cm³/mol. The molecule has 1 aromatic heterocycles. The van der Waals surface area contributed by atoms with E-state index in [0.717, 1.165) is 22.6 Å². The fraction of sp³-hybridized carbons (Fsp3) is 0.286. The number of ether oxygens (including phenoxy) is 1. The Morgan fingerprint density at radius 2 is 1.86 bits per heavy atom. The summed E-state index contributed by atoms with van der Waals surface area (Å²) in [5.41, 5.74) is 4.03. The third kappa shape index (κ3) is 4.51. The van der Waals surface area contributed by atoms with E-state index in [0.29, 0.717) is 29.6 Å². The highest BCUT2D eigenvalue weighted by Crippen LogP contribution is 2.18. The Bertz CT molecular complexity index is 980. The summed E-state index contributed by atoms with van der Waals surface area (Å²) in [5, 5.41) is 8.78. The second-order valence-electron chi connectivity index (χ2n) is 6.81. The molecule has 7 heteroatoms. The number of benzene rings is 2. The van der Waals surface area contributed by atoms with E-state index in [1.54, 1.807) is 28.8 Å². The summed E-state index contributed by atoms with van der Waals surface area (Å²) in [6.07, 6.45) is 0. The zero-order chi connectivity index (χ0) is 20.3. The van der Waals surface area contributed by atoms with Gasteiger partial charge < -0.3 is 9.64 Å². The molecule has 0 aliphatic carbocycles. The van der Waals surface area contributed by atoms with Gasteiger partial charge in [0, 0.05) is 12.1 Å². The van der Waals surface area contributed by atoms with Crippen molar-refractivity contribution in [2.75, 3.05) is 20.2 Å². The number of aromatic nitrogens is 3. The van der Waals surface area contributed by atoms with Gasteiger partial charge in [-0.25, -0.2) is 4.68 Å². The quantitative estimate of drug-likeness (QED) is 0.629. The van der Waals surface area contributed by atoms with Crippen molar-refractivity contribution < 1.29 is 9.53 Å². The number of amides is 1. The fourth-order valence-electron chi connectivity index (χ4n) is 2.98. The Balaban J connectivity index is 1.65. The first-order valence-corrected chi connectivity index (χ1v) is 9.38. The van der Waals surface area contributed by atoms with Gasteiger partial charge in [-0.2, -0.15) is 0 Å². The lowest BCUT2D eigenvalue weighted by molar-refractivity contribution is 0.0767. The second kappa shape index (κ2) is 8.44. The molecule has 28 heavy (non-hydrogen) atoms. The standard InChI is InChI=1S/C21H23ClN4O2/c1-14-10-15(2)12-19(11-14)28-9-8-25(4)21(27)20-16(3)26(24-23-20)18-7-5-6-17(22)13-18/h5-7,10-13H,8-9H2,1-4H3. The largest absolute Gasteiger partial charge is 0.492 e. The summed E-state index contributed by atoms with van der Waals surface area (Å²) in [6.45, 7) is 6.71. The van der Waals surface area contributed by atoms with Crippen LogP contribution in [0.25, 0.3) is 5.69 Å². The van der Waals surface area contributed by atoms with E-state index < -0.39 is 0 Å². The maximum absolute atomic E-state index is 12.8. The molecule has 1 amide bonds. The highest BCUT2D eigenvalue weighted by atomic mass is 35.5. The maximum atomic E-state index is 12.8. The second-order valence-corrected chi connectivity index (χ2v) is 7.25. The van der Waals surface area contributed by atoms with Gasteiger partial charge in [-0.05, 0) is 62.2 Å². The van der Waals surface area contributed by atoms with E-state index in [1.165, 1.54) is 0 Å². The third-order valence-electron chi connectivity index (χ3n) is 4.39. The molecule has 0 fully saturated rings. The van der Waals surface area contributed by atoms with Crippen molar-refractivity contribution in [3.8, 4) is 11.4 Å². The van der Waals surface area contributed by atoms with Crippen molar-refractivity contribution in [3.05, 3.63) is 70.0 Å². The first kappa shape index (κ1) is 19.9. The number of likely N-dealkylation sites (N-methyl/N-ethyl adjacent to an activating group) is 1. The van der Waals surface area contributed by atoms with Gasteiger partial charge in [0.25, 0.3) is 5.91 Å². The molecule has 2 aromatic carbocycles. The smallest absolute Gasteiger partial charge is 0.276 e. The topological polar surface area (TPSA) is 60.2 Å². The van der Waals surface area contributed by atoms with Gasteiger partial charge in [-0.3, -0.25) is 4.79 Å². The summed E-state index contributed by atoms with van der Waals surface area (Å²) in [4.78, 5) is 14.3. The number of nitrogens with zero attached hydrogens (tertiary/aromatic N) is 4. The zero-order valence-electron chi connectivity index (χ0n) is 16.4. The summed E-state index contributed by atoms with van der Waals surface area (Å²) < 4.78 is 7.40. The van der Waals surface area contributed by atoms with E-state index >= 15 is 0 Å². The normalized spacial score (nSPS) is 10.8. The molecule has 146 valence electrons. The van der Waals surface area contributed by atoms with Crippen molar-refractivity contribution in [2.45, 2.75) is 20.8 Å². The highest BCUT2D eigenvalue weighted by Gasteiger charge is 2.20. The number of hydrogen-bond acceptors (Lipinski definition) is 4. The number of halogens is 1. The lowest BCUT2D eigenvalue weighted by Gasteiger charge is -2.17. The molecule has 3 rings (SSSR count). The number of carbonyl (C=O) groups excluding carboxylic acids is 1. The minimum absolute atomic E-state index is 0.199. The van der Waals surface area contributed by atoms with Crippen molar-refractivity contribution in [2.24, 2.45) is 0 Å². The molecule has 6 nitrogen and oxygen atoms in total. The number of carbonyl (C=O) groups is 1. The van der Waals surface area contributed by atoms with Crippen molar-refractivity contribution in [3.63, 3.8) is 0 Å². The summed E-state index contributed by atoms with van der Waals surface area (Å²) in [6, 6.07) is 13.3. The molecule has 0 N–H and O–H groups in total. The minimum Gasteiger partial charge on any atom is -0.492 e.